The smallest absolute Gasteiger partial charge is 0.248 e. The first-order valence-corrected chi connectivity index (χ1v) is 6.79. The van der Waals surface area contributed by atoms with Crippen molar-refractivity contribution < 1.29 is 4.79 Å². The molecule has 0 saturated heterocycles. The van der Waals surface area contributed by atoms with Crippen molar-refractivity contribution in [1.82, 2.24) is 4.98 Å². The van der Waals surface area contributed by atoms with Gasteiger partial charge < -0.3 is 10.6 Å². The van der Waals surface area contributed by atoms with Crippen molar-refractivity contribution in [1.29, 1.82) is 0 Å². The average Bonchev–Trinajstić information content (AvgIpc) is 2.82. The van der Waals surface area contributed by atoms with Gasteiger partial charge in [0.2, 0.25) is 5.91 Å². The van der Waals surface area contributed by atoms with Gasteiger partial charge >= 0.3 is 0 Å². The van der Waals surface area contributed by atoms with Gasteiger partial charge in [-0.3, -0.25) is 4.79 Å². The van der Waals surface area contributed by atoms with Gasteiger partial charge in [0.15, 0.2) is 0 Å². The average molecular weight is 318 g/mol. The number of nitrogens with zero attached hydrogens (tertiary/aromatic N) is 1. The molecule has 1 aliphatic heterocycles. The second-order valence-electron chi connectivity index (χ2n) is 4.39. The van der Waals surface area contributed by atoms with Crippen molar-refractivity contribution in [3.8, 4) is 0 Å². The number of hydrogen-bond donors (Lipinski definition) is 2. The lowest BCUT2D eigenvalue weighted by Gasteiger charge is -2.11. The number of halogens is 1. The van der Waals surface area contributed by atoms with E-state index in [1.54, 1.807) is 6.07 Å². The molecule has 0 bridgehead atoms. The van der Waals surface area contributed by atoms with Crippen LogP contribution in [0, 0.1) is 0 Å². The summed E-state index contributed by atoms with van der Waals surface area (Å²) < 4.78 is 0.702. The molecule has 3 rings (SSSR count). The van der Waals surface area contributed by atoms with E-state index >= 15 is 0 Å². The Morgan fingerprint density at radius 1 is 1.26 bits per heavy atom. The van der Waals surface area contributed by atoms with E-state index in [4.69, 9.17) is 0 Å². The first-order chi connectivity index (χ1) is 9.22. The standard InChI is InChI=1S/C14H12BrN3O/c15-12-6-3-7-13(17-12)18-14(19)11-8-9-4-1-2-5-10(9)16-11/h1-7,11,16H,8H2,(H,17,18,19). The van der Waals surface area contributed by atoms with Gasteiger partial charge in [0, 0.05) is 12.1 Å². The number of benzene rings is 1. The van der Waals surface area contributed by atoms with Crippen molar-refractivity contribution >= 4 is 33.3 Å². The number of rotatable bonds is 2. The number of para-hydroxylation sites is 1. The minimum absolute atomic E-state index is 0.0678. The molecule has 0 fully saturated rings. The molecule has 19 heavy (non-hydrogen) atoms. The zero-order valence-electron chi connectivity index (χ0n) is 10.1. The van der Waals surface area contributed by atoms with E-state index in [0.717, 1.165) is 5.69 Å². The van der Waals surface area contributed by atoms with E-state index in [1.165, 1.54) is 5.56 Å². The molecule has 5 heteroatoms. The Bertz CT molecular complexity index is 605. The number of carbonyl (C=O) groups is 1. The van der Waals surface area contributed by atoms with Crippen molar-refractivity contribution in [3.63, 3.8) is 0 Å². The highest BCUT2D eigenvalue weighted by atomic mass is 79.9. The molecule has 1 atom stereocenters. The molecule has 0 spiro atoms. The normalized spacial score (nSPS) is 16.6. The number of fused-ring (bicyclic) bond motifs is 1. The predicted molar refractivity (Wildman–Crippen MR) is 78.1 cm³/mol. The van der Waals surface area contributed by atoms with Crippen LogP contribution in [0.15, 0.2) is 47.1 Å². The summed E-state index contributed by atoms with van der Waals surface area (Å²) in [6.45, 7) is 0. The van der Waals surface area contributed by atoms with Gasteiger partial charge in [0.05, 0.1) is 0 Å². The number of nitrogens with one attached hydrogen (secondary N) is 2. The van der Waals surface area contributed by atoms with Gasteiger partial charge in [-0.25, -0.2) is 4.98 Å². The maximum atomic E-state index is 12.2. The fourth-order valence-electron chi connectivity index (χ4n) is 2.15. The summed E-state index contributed by atoms with van der Waals surface area (Å²) in [5.74, 6) is 0.485. The summed E-state index contributed by atoms with van der Waals surface area (Å²) in [6.07, 6.45) is 0.704. The van der Waals surface area contributed by atoms with Crippen LogP contribution in [0.2, 0.25) is 0 Å². The Balaban J connectivity index is 1.70. The molecule has 2 aromatic rings. The number of anilines is 2. The van der Waals surface area contributed by atoms with Gasteiger partial charge in [-0.2, -0.15) is 0 Å². The van der Waals surface area contributed by atoms with Crippen LogP contribution in [-0.2, 0) is 11.2 Å². The summed E-state index contributed by atoms with van der Waals surface area (Å²) in [5.41, 5.74) is 2.20. The molecule has 96 valence electrons. The quantitative estimate of drug-likeness (QED) is 0.837. The van der Waals surface area contributed by atoms with Gasteiger partial charge in [-0.1, -0.05) is 24.3 Å². The highest BCUT2D eigenvalue weighted by molar-refractivity contribution is 9.10. The molecule has 1 aromatic carbocycles. The van der Waals surface area contributed by atoms with Crippen LogP contribution in [0.25, 0.3) is 0 Å². The molecule has 4 nitrogen and oxygen atoms in total. The van der Waals surface area contributed by atoms with Crippen molar-refractivity contribution in [2.45, 2.75) is 12.5 Å². The zero-order valence-corrected chi connectivity index (χ0v) is 11.6. The third-order valence-corrected chi connectivity index (χ3v) is 3.50. The van der Waals surface area contributed by atoms with Crippen LogP contribution >= 0.6 is 15.9 Å². The van der Waals surface area contributed by atoms with Crippen LogP contribution < -0.4 is 10.6 Å². The van der Waals surface area contributed by atoms with E-state index in [0.29, 0.717) is 16.8 Å². The van der Waals surface area contributed by atoms with Crippen LogP contribution in [0.3, 0.4) is 0 Å². The summed E-state index contributed by atoms with van der Waals surface area (Å²) in [7, 11) is 0. The molecule has 0 radical (unpaired) electrons. The molecule has 1 unspecified atom stereocenters. The van der Waals surface area contributed by atoms with E-state index < -0.39 is 0 Å². The third-order valence-electron chi connectivity index (χ3n) is 3.05. The maximum absolute atomic E-state index is 12.2. The topological polar surface area (TPSA) is 54.0 Å². The zero-order chi connectivity index (χ0) is 13.2. The van der Waals surface area contributed by atoms with Crippen molar-refractivity contribution in [2.75, 3.05) is 10.6 Å². The summed E-state index contributed by atoms with van der Waals surface area (Å²) in [5, 5.41) is 6.03. The highest BCUT2D eigenvalue weighted by Gasteiger charge is 2.26. The molecular weight excluding hydrogens is 306 g/mol. The van der Waals surface area contributed by atoms with Crippen LogP contribution in [-0.4, -0.2) is 16.9 Å². The largest absolute Gasteiger partial charge is 0.373 e. The maximum Gasteiger partial charge on any atom is 0.248 e. The summed E-state index contributed by atoms with van der Waals surface area (Å²) in [4.78, 5) is 16.4. The molecule has 2 heterocycles. The highest BCUT2D eigenvalue weighted by Crippen LogP contribution is 2.25. The molecule has 1 aliphatic rings. The predicted octanol–water partition coefficient (Wildman–Crippen LogP) is 2.82. The first-order valence-electron chi connectivity index (χ1n) is 6.00. The van der Waals surface area contributed by atoms with Crippen LogP contribution in [0.1, 0.15) is 5.56 Å². The molecule has 1 aromatic heterocycles. The van der Waals surface area contributed by atoms with E-state index in [2.05, 4.69) is 31.5 Å². The molecule has 0 saturated carbocycles. The van der Waals surface area contributed by atoms with Gasteiger partial charge in [-0.05, 0) is 39.7 Å². The second-order valence-corrected chi connectivity index (χ2v) is 5.21. The van der Waals surface area contributed by atoms with E-state index in [1.807, 2.05) is 36.4 Å². The molecule has 0 aliphatic carbocycles. The van der Waals surface area contributed by atoms with Crippen molar-refractivity contribution in [2.24, 2.45) is 0 Å². The Morgan fingerprint density at radius 3 is 2.89 bits per heavy atom. The summed E-state index contributed by atoms with van der Waals surface area (Å²) >= 11 is 3.28. The lowest BCUT2D eigenvalue weighted by atomic mass is 10.1. The molecular formula is C14H12BrN3O. The third kappa shape index (κ3) is 2.61. The number of aromatic nitrogens is 1. The Kier molecular flexibility index (Phi) is 3.21. The molecule has 2 N–H and O–H groups in total. The van der Waals surface area contributed by atoms with E-state index in [9.17, 15) is 4.79 Å². The van der Waals surface area contributed by atoms with Crippen molar-refractivity contribution in [3.05, 3.63) is 52.6 Å². The van der Waals surface area contributed by atoms with Crippen LogP contribution in [0.5, 0.6) is 0 Å². The Labute approximate surface area is 119 Å². The minimum atomic E-state index is -0.238. The SMILES string of the molecule is O=C(Nc1cccc(Br)n1)C1Cc2ccccc2N1. The van der Waals surface area contributed by atoms with E-state index in [-0.39, 0.29) is 11.9 Å². The first kappa shape index (κ1) is 12.2. The number of pyridine rings is 1. The van der Waals surface area contributed by atoms with Gasteiger partial charge in [0.25, 0.3) is 0 Å². The van der Waals surface area contributed by atoms with Gasteiger partial charge in [0.1, 0.15) is 16.5 Å². The summed E-state index contributed by atoms with van der Waals surface area (Å²) in [6, 6.07) is 13.2. The lowest BCUT2D eigenvalue weighted by Crippen LogP contribution is -2.33. The lowest BCUT2D eigenvalue weighted by molar-refractivity contribution is -0.116. The van der Waals surface area contributed by atoms with Gasteiger partial charge in [-0.15, -0.1) is 0 Å². The van der Waals surface area contributed by atoms with Crippen LogP contribution in [0.4, 0.5) is 11.5 Å². The fourth-order valence-corrected chi connectivity index (χ4v) is 2.49. The minimum Gasteiger partial charge on any atom is -0.373 e. The monoisotopic (exact) mass is 317 g/mol. The number of amides is 1. The number of carbonyl (C=O) groups excluding carboxylic acids is 1. The fraction of sp³-hybridized carbons (Fsp3) is 0.143. The number of hydrogen-bond acceptors (Lipinski definition) is 3. The Morgan fingerprint density at radius 2 is 2.11 bits per heavy atom. The second kappa shape index (κ2) is 5.01. The Hall–Kier alpha value is -1.88. The molecule has 1 amide bonds.